The predicted octanol–water partition coefficient (Wildman–Crippen LogP) is 2.72. The summed E-state index contributed by atoms with van der Waals surface area (Å²) in [6.45, 7) is 2.85. The lowest BCUT2D eigenvalue weighted by atomic mass is 9.93. The third-order valence-corrected chi connectivity index (χ3v) is 8.55. The summed E-state index contributed by atoms with van der Waals surface area (Å²) in [5, 5.41) is 28.1. The normalized spacial score (nSPS) is 28.8. The Balaban J connectivity index is 1.91. The molecule has 1 aliphatic heterocycles. The van der Waals surface area contributed by atoms with Crippen LogP contribution in [-0.4, -0.2) is 65.7 Å². The molecule has 0 bridgehead atoms. The van der Waals surface area contributed by atoms with Crippen molar-refractivity contribution in [2.24, 2.45) is 0 Å². The molecule has 11 heteroatoms. The summed E-state index contributed by atoms with van der Waals surface area (Å²) in [4.78, 5) is 12.1. The average Bonchev–Trinajstić information content (AvgIpc) is 3.14. The molecule has 0 amide bonds. The van der Waals surface area contributed by atoms with Crippen LogP contribution in [0.5, 0.6) is 0 Å². The Kier molecular flexibility index (Phi) is 8.59. The van der Waals surface area contributed by atoms with E-state index in [0.717, 1.165) is 31.4 Å². The number of hydrogen-bond donors (Lipinski definition) is 4. The van der Waals surface area contributed by atoms with Crippen molar-refractivity contribution in [3.05, 3.63) is 41.2 Å². The number of aliphatic hydroxyl groups excluding tert-OH is 2. The van der Waals surface area contributed by atoms with Gasteiger partial charge in [-0.05, 0) is 55.5 Å². The lowest BCUT2D eigenvalue weighted by molar-refractivity contribution is -0.171. The zero-order chi connectivity index (χ0) is 25.9. The first-order valence-corrected chi connectivity index (χ1v) is 13.5. The van der Waals surface area contributed by atoms with Crippen molar-refractivity contribution in [2.75, 3.05) is 17.9 Å². The molecule has 196 valence electrons. The Bertz CT molecular complexity index is 1060. The number of hydrogen-bond acceptors (Lipinski definition) is 7. The van der Waals surface area contributed by atoms with Crippen molar-refractivity contribution in [1.29, 1.82) is 0 Å². The first-order valence-electron chi connectivity index (χ1n) is 11.9. The van der Waals surface area contributed by atoms with Crippen LogP contribution in [0.25, 0.3) is 0 Å². The van der Waals surface area contributed by atoms with Gasteiger partial charge in [0.25, 0.3) is 0 Å². The van der Waals surface area contributed by atoms with Crippen LogP contribution in [0.1, 0.15) is 57.9 Å². The first-order chi connectivity index (χ1) is 16.5. The molecule has 2 aliphatic rings. The first kappa shape index (κ1) is 27.5. The molecule has 3 rings (SSSR count). The van der Waals surface area contributed by atoms with Gasteiger partial charge in [0, 0.05) is 6.42 Å². The number of aliphatic hydroxyl groups is 2. The molecule has 4 atom stereocenters. The van der Waals surface area contributed by atoms with E-state index in [2.05, 4.69) is 4.72 Å². The molecule has 1 saturated heterocycles. The van der Waals surface area contributed by atoms with Gasteiger partial charge in [-0.1, -0.05) is 26.7 Å². The molecular weight excluding hydrogens is 481 g/mol. The number of aryl methyl sites for hydroxylation is 1. The van der Waals surface area contributed by atoms with E-state index in [4.69, 9.17) is 9.47 Å². The Morgan fingerprint density at radius 1 is 1.26 bits per heavy atom. The van der Waals surface area contributed by atoms with E-state index >= 15 is 0 Å². The maximum atomic E-state index is 13.8. The smallest absolute Gasteiger partial charge is 0.332 e. The highest BCUT2D eigenvalue weighted by molar-refractivity contribution is 7.93. The summed E-state index contributed by atoms with van der Waals surface area (Å²) in [6.07, 6.45) is 3.47. The number of carboxylic acid groups (broad SMARTS) is 1. The topological polar surface area (TPSA) is 142 Å². The largest absolute Gasteiger partial charge is 0.478 e. The van der Waals surface area contributed by atoms with Gasteiger partial charge in [0.2, 0.25) is 10.0 Å². The van der Waals surface area contributed by atoms with E-state index < -0.39 is 63.3 Å². The minimum absolute atomic E-state index is 0.000379. The number of benzene rings is 1. The summed E-state index contributed by atoms with van der Waals surface area (Å²) in [7, 11) is -4.23. The lowest BCUT2D eigenvalue weighted by Crippen LogP contribution is -2.46. The molecule has 4 N–H and O–H groups in total. The van der Waals surface area contributed by atoms with E-state index in [1.165, 1.54) is 12.1 Å². The van der Waals surface area contributed by atoms with E-state index in [-0.39, 0.29) is 18.5 Å². The van der Waals surface area contributed by atoms with Gasteiger partial charge in [-0.15, -0.1) is 0 Å². The Hall–Kier alpha value is -2.05. The second-order valence-electron chi connectivity index (χ2n) is 9.12. The van der Waals surface area contributed by atoms with E-state index in [9.17, 15) is 32.9 Å². The van der Waals surface area contributed by atoms with E-state index in [1.807, 2.05) is 6.92 Å². The summed E-state index contributed by atoms with van der Waals surface area (Å²) in [5.74, 6) is -3.51. The lowest BCUT2D eigenvalue weighted by Gasteiger charge is -2.34. The van der Waals surface area contributed by atoms with Gasteiger partial charge in [0.15, 0.2) is 5.79 Å². The van der Waals surface area contributed by atoms with Crippen LogP contribution in [0.4, 0.5) is 10.1 Å². The van der Waals surface area contributed by atoms with Gasteiger partial charge in [-0.2, -0.15) is 0 Å². The summed E-state index contributed by atoms with van der Waals surface area (Å²) < 4.78 is 54.8. The van der Waals surface area contributed by atoms with Crippen LogP contribution in [0.2, 0.25) is 0 Å². The van der Waals surface area contributed by atoms with Gasteiger partial charge in [0.05, 0.1) is 24.5 Å². The second-order valence-corrected chi connectivity index (χ2v) is 11.0. The zero-order valence-corrected chi connectivity index (χ0v) is 20.8. The van der Waals surface area contributed by atoms with Crippen LogP contribution >= 0.6 is 0 Å². The third kappa shape index (κ3) is 5.69. The number of carboxylic acids is 1. The van der Waals surface area contributed by atoms with Gasteiger partial charge in [0.1, 0.15) is 22.8 Å². The molecule has 1 aliphatic carbocycles. The fraction of sp³-hybridized carbons (Fsp3) is 0.625. The number of unbranched alkanes of at least 4 members (excludes halogenated alkanes) is 2. The molecule has 1 heterocycles. The highest BCUT2D eigenvalue weighted by Gasteiger charge is 2.57. The van der Waals surface area contributed by atoms with Crippen molar-refractivity contribution < 1.29 is 42.4 Å². The molecule has 1 fully saturated rings. The van der Waals surface area contributed by atoms with Crippen molar-refractivity contribution in [3.8, 4) is 0 Å². The third-order valence-electron chi connectivity index (χ3n) is 6.80. The number of carbonyl (C=O) groups is 1. The SMILES string of the molecule is CCCCCc1cc(F)ccc1NS(=O)(=O)C1CCC2(C=C1C(=O)O)O[C@@H](CO)[C@](CC)(CO)O2. The molecule has 9 nitrogen and oxygen atoms in total. The summed E-state index contributed by atoms with van der Waals surface area (Å²) in [5.41, 5.74) is -0.953. The molecule has 1 aromatic carbocycles. The number of anilines is 1. The Morgan fingerprint density at radius 2 is 2.00 bits per heavy atom. The minimum atomic E-state index is -4.23. The monoisotopic (exact) mass is 515 g/mol. The number of sulfonamides is 1. The van der Waals surface area contributed by atoms with Crippen molar-refractivity contribution in [3.63, 3.8) is 0 Å². The molecule has 35 heavy (non-hydrogen) atoms. The molecule has 0 aromatic heterocycles. The van der Waals surface area contributed by atoms with Gasteiger partial charge in [-0.25, -0.2) is 17.6 Å². The number of rotatable bonds is 11. The van der Waals surface area contributed by atoms with Crippen LogP contribution in [0.3, 0.4) is 0 Å². The zero-order valence-electron chi connectivity index (χ0n) is 20.0. The van der Waals surface area contributed by atoms with Crippen LogP contribution in [0, 0.1) is 5.82 Å². The average molecular weight is 516 g/mol. The maximum absolute atomic E-state index is 13.8. The molecule has 1 spiro atoms. The number of halogens is 1. The van der Waals surface area contributed by atoms with Crippen LogP contribution in [0.15, 0.2) is 29.8 Å². The quantitative estimate of drug-likeness (QED) is 0.330. The highest BCUT2D eigenvalue weighted by atomic mass is 32.2. The number of aliphatic carboxylic acids is 1. The minimum Gasteiger partial charge on any atom is -0.478 e. The van der Waals surface area contributed by atoms with Crippen molar-refractivity contribution >= 4 is 21.7 Å². The number of ether oxygens (including phenoxy) is 2. The Morgan fingerprint density at radius 3 is 2.57 bits per heavy atom. The van der Waals surface area contributed by atoms with Crippen LogP contribution < -0.4 is 4.72 Å². The van der Waals surface area contributed by atoms with Gasteiger partial charge in [-0.3, -0.25) is 4.72 Å². The predicted molar refractivity (Wildman–Crippen MR) is 127 cm³/mol. The summed E-state index contributed by atoms with van der Waals surface area (Å²) >= 11 is 0. The van der Waals surface area contributed by atoms with E-state index in [0.29, 0.717) is 18.4 Å². The Labute approximate surface area is 205 Å². The van der Waals surface area contributed by atoms with Crippen LogP contribution in [-0.2, 0) is 30.7 Å². The summed E-state index contributed by atoms with van der Waals surface area (Å²) in [6, 6.07) is 3.78. The molecule has 0 radical (unpaired) electrons. The molecule has 2 unspecified atom stereocenters. The standard InChI is InChI=1S/C24H34FNO8S/c1-3-5-6-7-16-12-17(25)8-9-19(16)26-35(31,32)20-10-11-24(13-18(20)22(29)30)33-21(14-27)23(4-2,15-28)34-24/h8-9,12-13,20-21,26-28H,3-7,10-11,14-15H2,1-2H3,(H,29,30)/t20?,21-,23-,24?/m0/s1. The number of nitrogens with one attached hydrogen (secondary N) is 1. The van der Waals surface area contributed by atoms with Gasteiger partial charge < -0.3 is 24.8 Å². The second kappa shape index (κ2) is 10.9. The fourth-order valence-electron chi connectivity index (χ4n) is 4.77. The highest BCUT2D eigenvalue weighted by Crippen LogP contribution is 2.46. The van der Waals surface area contributed by atoms with Crippen molar-refractivity contribution in [1.82, 2.24) is 0 Å². The molecule has 0 saturated carbocycles. The molecule has 1 aromatic rings. The maximum Gasteiger partial charge on any atom is 0.332 e. The van der Waals surface area contributed by atoms with Crippen molar-refractivity contribution in [2.45, 2.75) is 81.5 Å². The van der Waals surface area contributed by atoms with Gasteiger partial charge >= 0.3 is 5.97 Å². The van der Waals surface area contributed by atoms with E-state index in [1.54, 1.807) is 6.92 Å². The fourth-order valence-corrected chi connectivity index (χ4v) is 6.35. The molecular formula is C24H34FNO8S.